The molecule has 114 valence electrons. The lowest BCUT2D eigenvalue weighted by molar-refractivity contribution is -0.136. The van der Waals surface area contributed by atoms with Crippen LogP contribution in [-0.2, 0) is 4.79 Å². The normalized spacial score (nSPS) is 23.6. The van der Waals surface area contributed by atoms with Crippen molar-refractivity contribution < 1.29 is 4.79 Å². The molecule has 6 heteroatoms. The van der Waals surface area contributed by atoms with Gasteiger partial charge in [-0.25, -0.2) is 4.98 Å². The molecule has 2 fully saturated rings. The fraction of sp³-hybridized carbons (Fsp3) is 0.667. The Balaban J connectivity index is 1.57. The number of likely N-dealkylation sites (N-methyl/N-ethyl adjacent to an activating group) is 1. The van der Waals surface area contributed by atoms with Crippen LogP contribution in [0, 0.1) is 0 Å². The predicted molar refractivity (Wildman–Crippen MR) is 81.1 cm³/mol. The molecule has 2 saturated heterocycles. The number of piperazine rings is 1. The molecule has 3 heterocycles. The highest BCUT2D eigenvalue weighted by Crippen LogP contribution is 2.20. The smallest absolute Gasteiger partial charge is 0.240 e. The summed E-state index contributed by atoms with van der Waals surface area (Å²) in [5.74, 6) is 1.22. The standard InChI is InChI=1S/C15H23N5O/c1-2-18-7-3-4-13(18)15(21)20-10-8-19(9-11-20)14-12-16-5-6-17-14/h5-6,12-13H,2-4,7-11H2,1H3/t13-/m0/s1. The van der Waals surface area contributed by atoms with Crippen LogP contribution >= 0.6 is 0 Å². The molecule has 0 bridgehead atoms. The van der Waals surface area contributed by atoms with Crippen LogP contribution in [0.1, 0.15) is 19.8 Å². The fourth-order valence-electron chi connectivity index (χ4n) is 3.31. The monoisotopic (exact) mass is 289 g/mol. The lowest BCUT2D eigenvalue weighted by Crippen LogP contribution is -2.53. The summed E-state index contributed by atoms with van der Waals surface area (Å²) in [5.41, 5.74) is 0. The Kier molecular flexibility index (Phi) is 4.34. The molecule has 2 aliphatic rings. The summed E-state index contributed by atoms with van der Waals surface area (Å²) >= 11 is 0. The Labute approximate surface area is 125 Å². The van der Waals surface area contributed by atoms with Gasteiger partial charge in [0.1, 0.15) is 5.82 Å². The average molecular weight is 289 g/mol. The van der Waals surface area contributed by atoms with Crippen molar-refractivity contribution in [3.05, 3.63) is 18.6 Å². The molecular formula is C15H23N5O. The van der Waals surface area contributed by atoms with Crippen molar-refractivity contribution in [2.45, 2.75) is 25.8 Å². The number of hydrogen-bond acceptors (Lipinski definition) is 5. The third-order valence-electron chi connectivity index (χ3n) is 4.52. The molecule has 0 N–H and O–H groups in total. The first-order valence-corrected chi connectivity index (χ1v) is 7.83. The second kappa shape index (κ2) is 6.39. The van der Waals surface area contributed by atoms with Crippen LogP contribution in [0.2, 0.25) is 0 Å². The largest absolute Gasteiger partial charge is 0.352 e. The molecule has 0 radical (unpaired) electrons. The van der Waals surface area contributed by atoms with Gasteiger partial charge in [-0.15, -0.1) is 0 Å². The van der Waals surface area contributed by atoms with Crippen molar-refractivity contribution in [1.82, 2.24) is 19.8 Å². The Hall–Kier alpha value is -1.69. The quantitative estimate of drug-likeness (QED) is 0.816. The van der Waals surface area contributed by atoms with Crippen molar-refractivity contribution in [3.63, 3.8) is 0 Å². The van der Waals surface area contributed by atoms with Crippen molar-refractivity contribution in [1.29, 1.82) is 0 Å². The SMILES string of the molecule is CCN1CCC[C@H]1C(=O)N1CCN(c2cnccn2)CC1. The number of amides is 1. The van der Waals surface area contributed by atoms with Gasteiger partial charge in [0.15, 0.2) is 0 Å². The van der Waals surface area contributed by atoms with E-state index in [1.807, 2.05) is 4.90 Å². The summed E-state index contributed by atoms with van der Waals surface area (Å²) < 4.78 is 0. The highest BCUT2D eigenvalue weighted by molar-refractivity contribution is 5.82. The van der Waals surface area contributed by atoms with Gasteiger partial charge in [0.25, 0.3) is 0 Å². The molecule has 21 heavy (non-hydrogen) atoms. The number of likely N-dealkylation sites (tertiary alicyclic amines) is 1. The van der Waals surface area contributed by atoms with Crippen LogP contribution in [0.5, 0.6) is 0 Å². The summed E-state index contributed by atoms with van der Waals surface area (Å²) in [5, 5.41) is 0. The highest BCUT2D eigenvalue weighted by atomic mass is 16.2. The van der Waals surface area contributed by atoms with Crippen LogP contribution < -0.4 is 4.90 Å². The number of rotatable bonds is 3. The van der Waals surface area contributed by atoms with Gasteiger partial charge in [-0.3, -0.25) is 14.7 Å². The number of nitrogens with zero attached hydrogens (tertiary/aromatic N) is 5. The summed E-state index contributed by atoms with van der Waals surface area (Å²) in [6, 6.07) is 0.109. The minimum Gasteiger partial charge on any atom is -0.352 e. The van der Waals surface area contributed by atoms with E-state index in [-0.39, 0.29) is 6.04 Å². The van der Waals surface area contributed by atoms with Gasteiger partial charge in [-0.05, 0) is 25.9 Å². The van der Waals surface area contributed by atoms with E-state index in [2.05, 4.69) is 26.7 Å². The first-order chi connectivity index (χ1) is 10.3. The summed E-state index contributed by atoms with van der Waals surface area (Å²) in [6.07, 6.45) is 7.33. The third-order valence-corrected chi connectivity index (χ3v) is 4.52. The van der Waals surface area contributed by atoms with Gasteiger partial charge in [-0.1, -0.05) is 6.92 Å². The molecule has 0 unspecified atom stereocenters. The molecule has 0 saturated carbocycles. The Morgan fingerprint density at radius 1 is 1.24 bits per heavy atom. The Morgan fingerprint density at radius 3 is 2.71 bits per heavy atom. The maximum Gasteiger partial charge on any atom is 0.240 e. The molecule has 2 aliphatic heterocycles. The van der Waals surface area contributed by atoms with Crippen molar-refractivity contribution in [2.24, 2.45) is 0 Å². The molecule has 0 aliphatic carbocycles. The van der Waals surface area contributed by atoms with E-state index >= 15 is 0 Å². The highest BCUT2D eigenvalue weighted by Gasteiger charge is 2.33. The molecule has 1 amide bonds. The van der Waals surface area contributed by atoms with Crippen molar-refractivity contribution in [3.8, 4) is 0 Å². The van der Waals surface area contributed by atoms with Gasteiger partial charge in [0.2, 0.25) is 5.91 Å². The topological polar surface area (TPSA) is 52.6 Å². The molecule has 1 atom stereocenters. The van der Waals surface area contributed by atoms with Crippen LogP contribution in [0.25, 0.3) is 0 Å². The van der Waals surface area contributed by atoms with E-state index in [0.29, 0.717) is 5.91 Å². The maximum absolute atomic E-state index is 12.7. The average Bonchev–Trinajstić information content (AvgIpc) is 3.04. The maximum atomic E-state index is 12.7. The lowest BCUT2D eigenvalue weighted by Gasteiger charge is -2.37. The van der Waals surface area contributed by atoms with Gasteiger partial charge in [0, 0.05) is 38.6 Å². The first-order valence-electron chi connectivity index (χ1n) is 7.83. The molecule has 1 aromatic rings. The van der Waals surface area contributed by atoms with Crippen molar-refractivity contribution >= 4 is 11.7 Å². The third kappa shape index (κ3) is 3.00. The Morgan fingerprint density at radius 2 is 2.05 bits per heavy atom. The number of anilines is 1. The van der Waals surface area contributed by atoms with Gasteiger partial charge in [-0.2, -0.15) is 0 Å². The van der Waals surface area contributed by atoms with Crippen LogP contribution in [0.4, 0.5) is 5.82 Å². The van der Waals surface area contributed by atoms with E-state index in [1.165, 1.54) is 0 Å². The molecular weight excluding hydrogens is 266 g/mol. The fourth-order valence-corrected chi connectivity index (χ4v) is 3.31. The molecule has 6 nitrogen and oxygen atoms in total. The summed E-state index contributed by atoms with van der Waals surface area (Å²) in [6.45, 7) is 7.40. The zero-order chi connectivity index (χ0) is 14.7. The molecule has 0 aromatic carbocycles. The van der Waals surface area contributed by atoms with E-state index in [0.717, 1.165) is 57.9 Å². The van der Waals surface area contributed by atoms with Crippen LogP contribution in [-0.4, -0.2) is 71.0 Å². The molecule has 0 spiro atoms. The first kappa shape index (κ1) is 14.3. The van der Waals surface area contributed by atoms with Crippen LogP contribution in [0.3, 0.4) is 0 Å². The minimum atomic E-state index is 0.109. The van der Waals surface area contributed by atoms with Gasteiger partial charge < -0.3 is 9.80 Å². The lowest BCUT2D eigenvalue weighted by atomic mass is 10.1. The Bertz CT molecular complexity index is 472. The number of carbonyl (C=O) groups is 1. The zero-order valence-electron chi connectivity index (χ0n) is 12.6. The number of aromatic nitrogens is 2. The van der Waals surface area contributed by atoms with Crippen LogP contribution in [0.15, 0.2) is 18.6 Å². The van der Waals surface area contributed by atoms with Gasteiger partial charge >= 0.3 is 0 Å². The number of hydrogen-bond donors (Lipinski definition) is 0. The second-order valence-corrected chi connectivity index (χ2v) is 5.66. The minimum absolute atomic E-state index is 0.109. The summed E-state index contributed by atoms with van der Waals surface area (Å²) in [7, 11) is 0. The van der Waals surface area contributed by atoms with Crippen molar-refractivity contribution in [2.75, 3.05) is 44.2 Å². The predicted octanol–water partition coefficient (Wildman–Crippen LogP) is 0.609. The van der Waals surface area contributed by atoms with Gasteiger partial charge in [0.05, 0.1) is 12.2 Å². The summed E-state index contributed by atoms with van der Waals surface area (Å²) in [4.78, 5) is 27.6. The van der Waals surface area contributed by atoms with E-state index < -0.39 is 0 Å². The second-order valence-electron chi connectivity index (χ2n) is 5.66. The van der Waals surface area contributed by atoms with E-state index in [1.54, 1.807) is 18.6 Å². The molecule has 1 aromatic heterocycles. The van der Waals surface area contributed by atoms with E-state index in [4.69, 9.17) is 0 Å². The number of carbonyl (C=O) groups excluding carboxylic acids is 1. The van der Waals surface area contributed by atoms with E-state index in [9.17, 15) is 4.79 Å². The molecule has 3 rings (SSSR count). The zero-order valence-corrected chi connectivity index (χ0v) is 12.6.